The van der Waals surface area contributed by atoms with Crippen molar-refractivity contribution in [1.82, 2.24) is 9.88 Å². The quantitative estimate of drug-likeness (QED) is 0.642. The number of nitrogens with zero attached hydrogens (tertiary/aromatic N) is 2. The topological polar surface area (TPSA) is 88.3 Å². The Kier molecular flexibility index (Phi) is 6.14. The molecule has 0 aliphatic heterocycles. The van der Waals surface area contributed by atoms with Crippen molar-refractivity contribution >= 4 is 34.8 Å². The number of carbonyl (C=O) groups is 2. The monoisotopic (exact) mass is 346 g/mol. The van der Waals surface area contributed by atoms with E-state index in [0.717, 1.165) is 5.56 Å². The van der Waals surface area contributed by atoms with Crippen molar-refractivity contribution in [2.75, 3.05) is 24.1 Å². The molecule has 0 saturated carbocycles. The molecule has 1 aromatic carbocycles. The van der Waals surface area contributed by atoms with E-state index in [-0.39, 0.29) is 0 Å². The van der Waals surface area contributed by atoms with Gasteiger partial charge in [0.25, 0.3) is 0 Å². The summed E-state index contributed by atoms with van der Waals surface area (Å²) < 4.78 is 0. The maximum Gasteiger partial charge on any atom is 0.313 e. The van der Waals surface area contributed by atoms with Crippen molar-refractivity contribution in [3.05, 3.63) is 53.3 Å². The SMILES string of the molecule is CCN(CCc1ccncc1)C(=O)C(=O)Nc1ccc(N)c(Cl)c1. The fourth-order valence-electron chi connectivity index (χ4n) is 2.15. The number of halogens is 1. The molecule has 2 aromatic rings. The van der Waals surface area contributed by atoms with Gasteiger partial charge in [-0.3, -0.25) is 14.6 Å². The molecule has 6 nitrogen and oxygen atoms in total. The van der Waals surface area contributed by atoms with Crippen molar-refractivity contribution in [1.29, 1.82) is 0 Å². The summed E-state index contributed by atoms with van der Waals surface area (Å²) in [6.45, 7) is 2.73. The highest BCUT2D eigenvalue weighted by molar-refractivity contribution is 6.40. The molecule has 1 heterocycles. The van der Waals surface area contributed by atoms with Gasteiger partial charge in [-0.05, 0) is 49.2 Å². The van der Waals surface area contributed by atoms with Crippen LogP contribution in [0.25, 0.3) is 0 Å². The van der Waals surface area contributed by atoms with E-state index in [1.807, 2.05) is 19.1 Å². The second-order valence-corrected chi connectivity index (χ2v) is 5.59. The lowest BCUT2D eigenvalue weighted by atomic mass is 10.2. The van der Waals surface area contributed by atoms with Crippen molar-refractivity contribution in [2.45, 2.75) is 13.3 Å². The first-order valence-electron chi connectivity index (χ1n) is 7.55. The number of nitrogens with one attached hydrogen (secondary N) is 1. The lowest BCUT2D eigenvalue weighted by molar-refractivity contribution is -0.143. The molecule has 0 spiro atoms. The van der Waals surface area contributed by atoms with Crippen molar-refractivity contribution in [2.24, 2.45) is 0 Å². The molecule has 0 unspecified atom stereocenters. The summed E-state index contributed by atoms with van der Waals surface area (Å²) in [6, 6.07) is 8.45. The van der Waals surface area contributed by atoms with E-state index < -0.39 is 11.8 Å². The standard InChI is InChI=1S/C17H19ClN4O2/c1-2-22(10-7-12-5-8-20-9-6-12)17(24)16(23)21-13-3-4-15(19)14(18)11-13/h3-6,8-9,11H,2,7,10,19H2,1H3,(H,21,23). The molecule has 0 radical (unpaired) electrons. The van der Waals surface area contributed by atoms with Crippen LogP contribution in [0.15, 0.2) is 42.7 Å². The fourth-order valence-corrected chi connectivity index (χ4v) is 2.33. The molecular weight excluding hydrogens is 328 g/mol. The van der Waals surface area contributed by atoms with Crippen LogP contribution in [0.3, 0.4) is 0 Å². The number of anilines is 2. The normalized spacial score (nSPS) is 10.2. The van der Waals surface area contributed by atoms with Crippen molar-refractivity contribution in [3.63, 3.8) is 0 Å². The van der Waals surface area contributed by atoms with Crippen LogP contribution in [0.2, 0.25) is 5.02 Å². The van der Waals surface area contributed by atoms with E-state index >= 15 is 0 Å². The van der Waals surface area contributed by atoms with Crippen LogP contribution in [0.1, 0.15) is 12.5 Å². The molecule has 0 fully saturated rings. The Bertz CT molecular complexity index is 722. The number of nitrogen functional groups attached to an aromatic ring is 1. The molecule has 0 aliphatic carbocycles. The van der Waals surface area contributed by atoms with E-state index in [1.54, 1.807) is 24.5 Å². The van der Waals surface area contributed by atoms with E-state index in [1.165, 1.54) is 11.0 Å². The minimum atomic E-state index is -0.701. The molecular formula is C17H19ClN4O2. The molecule has 24 heavy (non-hydrogen) atoms. The van der Waals surface area contributed by atoms with Gasteiger partial charge in [-0.15, -0.1) is 0 Å². The van der Waals surface area contributed by atoms with Gasteiger partial charge in [0.2, 0.25) is 0 Å². The number of hydrogen-bond donors (Lipinski definition) is 2. The Balaban J connectivity index is 1.96. The third kappa shape index (κ3) is 4.70. The van der Waals surface area contributed by atoms with Gasteiger partial charge in [0.15, 0.2) is 0 Å². The summed E-state index contributed by atoms with van der Waals surface area (Å²) in [7, 11) is 0. The van der Waals surface area contributed by atoms with Crippen molar-refractivity contribution < 1.29 is 9.59 Å². The molecule has 0 saturated heterocycles. The average Bonchev–Trinajstić information content (AvgIpc) is 2.59. The number of benzene rings is 1. The zero-order valence-corrected chi connectivity index (χ0v) is 14.1. The van der Waals surface area contributed by atoms with Gasteiger partial charge in [-0.2, -0.15) is 0 Å². The zero-order valence-electron chi connectivity index (χ0n) is 13.3. The number of likely N-dealkylation sites (N-methyl/N-ethyl adjacent to an activating group) is 1. The van der Waals surface area contributed by atoms with Crippen LogP contribution >= 0.6 is 11.6 Å². The highest BCUT2D eigenvalue weighted by Gasteiger charge is 2.20. The number of rotatable bonds is 5. The third-order valence-electron chi connectivity index (χ3n) is 3.54. The summed E-state index contributed by atoms with van der Waals surface area (Å²) in [5.41, 5.74) is 7.52. The summed E-state index contributed by atoms with van der Waals surface area (Å²) in [4.78, 5) is 29.9. The molecule has 7 heteroatoms. The number of nitrogens with two attached hydrogens (primary N) is 1. The molecule has 0 aliphatic rings. The van der Waals surface area contributed by atoms with Crippen LogP contribution in [0.5, 0.6) is 0 Å². The highest BCUT2D eigenvalue weighted by Crippen LogP contribution is 2.22. The zero-order chi connectivity index (χ0) is 17.5. The van der Waals surface area contributed by atoms with Gasteiger partial charge in [0.1, 0.15) is 0 Å². The Labute approximate surface area is 145 Å². The smallest absolute Gasteiger partial charge is 0.313 e. The minimum absolute atomic E-state index is 0.324. The van der Waals surface area contributed by atoms with E-state index in [0.29, 0.717) is 35.9 Å². The molecule has 0 atom stereocenters. The van der Waals surface area contributed by atoms with Crippen LogP contribution in [-0.4, -0.2) is 34.8 Å². The van der Waals surface area contributed by atoms with E-state index in [9.17, 15) is 9.59 Å². The first-order chi connectivity index (χ1) is 11.5. The Morgan fingerprint density at radius 3 is 2.58 bits per heavy atom. The fraction of sp³-hybridized carbons (Fsp3) is 0.235. The second kappa shape index (κ2) is 8.31. The molecule has 2 amide bonds. The van der Waals surface area contributed by atoms with Gasteiger partial charge in [0.05, 0.1) is 10.7 Å². The Morgan fingerprint density at radius 1 is 1.25 bits per heavy atom. The minimum Gasteiger partial charge on any atom is -0.398 e. The maximum absolute atomic E-state index is 12.3. The Hall–Kier alpha value is -2.60. The molecule has 3 N–H and O–H groups in total. The van der Waals surface area contributed by atoms with E-state index in [4.69, 9.17) is 17.3 Å². The predicted molar refractivity (Wildman–Crippen MR) is 94.7 cm³/mol. The van der Waals surface area contributed by atoms with Crippen LogP contribution in [0.4, 0.5) is 11.4 Å². The molecule has 126 valence electrons. The highest BCUT2D eigenvalue weighted by atomic mass is 35.5. The van der Waals surface area contributed by atoms with Crippen LogP contribution < -0.4 is 11.1 Å². The molecule has 0 bridgehead atoms. The number of amides is 2. The number of aromatic nitrogens is 1. The predicted octanol–water partition coefficient (Wildman–Crippen LogP) is 2.35. The van der Waals surface area contributed by atoms with Gasteiger partial charge < -0.3 is 16.0 Å². The van der Waals surface area contributed by atoms with E-state index in [2.05, 4.69) is 10.3 Å². The van der Waals surface area contributed by atoms with Gasteiger partial charge in [-0.25, -0.2) is 0 Å². The summed E-state index contributed by atoms with van der Waals surface area (Å²) in [5.74, 6) is -1.29. The Morgan fingerprint density at radius 2 is 1.96 bits per heavy atom. The third-order valence-corrected chi connectivity index (χ3v) is 3.87. The first kappa shape index (κ1) is 17.7. The number of hydrogen-bond acceptors (Lipinski definition) is 4. The second-order valence-electron chi connectivity index (χ2n) is 5.18. The molecule has 1 aromatic heterocycles. The number of carbonyl (C=O) groups excluding carboxylic acids is 2. The maximum atomic E-state index is 12.3. The summed E-state index contributed by atoms with van der Waals surface area (Å²) >= 11 is 5.91. The van der Waals surface area contributed by atoms with Gasteiger partial charge in [0, 0.05) is 31.2 Å². The van der Waals surface area contributed by atoms with Gasteiger partial charge in [-0.1, -0.05) is 11.6 Å². The lowest BCUT2D eigenvalue weighted by Crippen LogP contribution is -2.40. The van der Waals surface area contributed by atoms with Crippen molar-refractivity contribution in [3.8, 4) is 0 Å². The summed E-state index contributed by atoms with van der Waals surface area (Å²) in [6.07, 6.45) is 4.05. The van der Waals surface area contributed by atoms with Crippen LogP contribution in [0, 0.1) is 0 Å². The summed E-state index contributed by atoms with van der Waals surface area (Å²) in [5, 5.41) is 2.87. The first-order valence-corrected chi connectivity index (χ1v) is 7.93. The van der Waals surface area contributed by atoms with Gasteiger partial charge >= 0.3 is 11.8 Å². The van der Waals surface area contributed by atoms with Crippen LogP contribution in [-0.2, 0) is 16.0 Å². The largest absolute Gasteiger partial charge is 0.398 e. The number of pyridine rings is 1. The average molecular weight is 347 g/mol. The lowest BCUT2D eigenvalue weighted by Gasteiger charge is -2.20. The molecule has 2 rings (SSSR count).